The van der Waals surface area contributed by atoms with Gasteiger partial charge in [-0.3, -0.25) is 0 Å². The second kappa shape index (κ2) is 9.48. The van der Waals surface area contributed by atoms with Crippen LogP contribution in [0.5, 0.6) is 0 Å². The van der Waals surface area contributed by atoms with Gasteiger partial charge in [-0.2, -0.15) is 9.13 Å². The third-order valence-corrected chi connectivity index (χ3v) is 12.2. The van der Waals surface area contributed by atoms with Crippen molar-refractivity contribution in [3.05, 3.63) is 148 Å². The molecular formula is C47H40N2O+2. The first kappa shape index (κ1) is 28.5. The molecule has 0 bridgehead atoms. The zero-order chi connectivity index (χ0) is 33.7. The largest absolute Gasteiger partial charge is 0.455 e. The molecule has 3 atom stereocenters. The standard InChI is InChI=1S/C47H40N2O/c1-27-12-10-13-28(2)40(27)36-26-49-39(24-30(36)25-46(3,4)5)41-37(22-21-35-34-20-19-29-14-11-17-31(29)43(34)50-44(35)41)47(49)42-33-16-7-6-15-32(33)38-18-8-9-23-48(38)45(42)47/h6-13,15-24,26,42,45H,14,25H2,1-5H3/q+2. The molecule has 4 aromatic carbocycles. The van der Waals surface area contributed by atoms with Crippen molar-refractivity contribution in [2.45, 2.75) is 65.0 Å². The van der Waals surface area contributed by atoms with Crippen LogP contribution < -0.4 is 9.13 Å². The molecule has 50 heavy (non-hydrogen) atoms. The molecule has 3 unspecified atom stereocenters. The summed E-state index contributed by atoms with van der Waals surface area (Å²) in [6, 6.07) is 34.7. The topological polar surface area (TPSA) is 20.9 Å². The number of nitrogens with zero attached hydrogens (tertiary/aromatic N) is 2. The molecule has 1 spiro atoms. The SMILES string of the molecule is Cc1cccc(C)c1-c1c[n+]2c(cc1CC(C)(C)C)-c1c(ccc3c1oc1c4c(ccc13)CC=C4)C21C2c3ccccc3-c3cccc[n+]3C21. The van der Waals surface area contributed by atoms with Crippen molar-refractivity contribution in [1.29, 1.82) is 0 Å². The lowest BCUT2D eigenvalue weighted by Gasteiger charge is -2.22. The molecule has 1 fully saturated rings. The molecule has 5 heterocycles. The first-order chi connectivity index (χ1) is 24.3. The van der Waals surface area contributed by atoms with E-state index in [1.807, 2.05) is 0 Å². The van der Waals surface area contributed by atoms with Gasteiger partial charge in [-0.05, 0) is 83.7 Å². The molecule has 11 rings (SSSR count). The number of hydrogen-bond acceptors (Lipinski definition) is 1. The fourth-order valence-electron chi connectivity index (χ4n) is 10.3. The lowest BCUT2D eigenvalue weighted by Crippen LogP contribution is -2.51. The number of rotatable bonds is 2. The van der Waals surface area contributed by atoms with E-state index in [9.17, 15) is 0 Å². The molecule has 2 aliphatic heterocycles. The van der Waals surface area contributed by atoms with E-state index in [0.717, 1.165) is 24.0 Å². The predicted molar refractivity (Wildman–Crippen MR) is 201 cm³/mol. The van der Waals surface area contributed by atoms with Crippen LogP contribution in [0, 0.1) is 19.3 Å². The van der Waals surface area contributed by atoms with Crippen LogP contribution in [0.4, 0.5) is 0 Å². The fraction of sp³-hybridized carbons (Fsp3) is 0.234. The van der Waals surface area contributed by atoms with E-state index in [4.69, 9.17) is 4.42 Å². The quantitative estimate of drug-likeness (QED) is 0.171. The van der Waals surface area contributed by atoms with E-state index >= 15 is 0 Å². The van der Waals surface area contributed by atoms with Gasteiger partial charge in [0.25, 0.3) is 5.54 Å². The summed E-state index contributed by atoms with van der Waals surface area (Å²) in [6.45, 7) is 11.6. The third-order valence-electron chi connectivity index (χ3n) is 12.2. The second-order valence-electron chi connectivity index (χ2n) is 16.4. The van der Waals surface area contributed by atoms with Gasteiger partial charge < -0.3 is 4.42 Å². The Bertz CT molecular complexity index is 2610. The second-order valence-corrected chi connectivity index (χ2v) is 16.4. The first-order valence-corrected chi connectivity index (χ1v) is 18.2. The maximum absolute atomic E-state index is 7.13. The highest BCUT2D eigenvalue weighted by atomic mass is 16.3. The Kier molecular flexibility index (Phi) is 5.42. The van der Waals surface area contributed by atoms with Crippen molar-refractivity contribution in [3.63, 3.8) is 0 Å². The lowest BCUT2D eigenvalue weighted by atomic mass is 9.83. The minimum Gasteiger partial charge on any atom is -0.455 e. The number of allylic oxidation sites excluding steroid dienone is 1. The van der Waals surface area contributed by atoms with E-state index in [1.54, 1.807) is 0 Å². The Morgan fingerprint density at radius 2 is 1.56 bits per heavy atom. The first-order valence-electron chi connectivity index (χ1n) is 18.2. The number of hydrogen-bond donors (Lipinski definition) is 0. The van der Waals surface area contributed by atoms with Gasteiger partial charge in [0.2, 0.25) is 17.4 Å². The number of fused-ring (bicyclic) bond motifs is 19. The molecule has 3 aromatic heterocycles. The Balaban J connectivity index is 1.29. The molecule has 0 radical (unpaired) electrons. The smallest absolute Gasteiger partial charge is 0.269 e. The fourth-order valence-corrected chi connectivity index (χ4v) is 10.3. The Morgan fingerprint density at radius 3 is 2.40 bits per heavy atom. The monoisotopic (exact) mass is 648 g/mol. The van der Waals surface area contributed by atoms with Crippen LogP contribution in [-0.2, 0) is 18.4 Å². The summed E-state index contributed by atoms with van der Waals surface area (Å²) in [5.41, 5.74) is 19.2. The Hall–Kier alpha value is -5.28. The molecule has 4 aliphatic rings. The summed E-state index contributed by atoms with van der Waals surface area (Å²) in [4.78, 5) is 0. The van der Waals surface area contributed by atoms with Crippen molar-refractivity contribution in [1.82, 2.24) is 0 Å². The van der Waals surface area contributed by atoms with Gasteiger partial charge in [-0.1, -0.05) is 87.5 Å². The van der Waals surface area contributed by atoms with E-state index in [2.05, 4.69) is 159 Å². The zero-order valence-electron chi connectivity index (χ0n) is 29.3. The normalized spacial score (nSPS) is 20.5. The molecule has 2 aliphatic carbocycles. The molecule has 3 heteroatoms. The molecule has 3 nitrogen and oxygen atoms in total. The zero-order valence-corrected chi connectivity index (χ0v) is 29.3. The van der Waals surface area contributed by atoms with Crippen LogP contribution in [0.1, 0.15) is 71.7 Å². The van der Waals surface area contributed by atoms with E-state index < -0.39 is 0 Å². The number of benzene rings is 4. The van der Waals surface area contributed by atoms with Crippen molar-refractivity contribution in [3.8, 4) is 33.6 Å². The van der Waals surface area contributed by atoms with E-state index in [1.165, 1.54) is 83.4 Å². The van der Waals surface area contributed by atoms with Crippen molar-refractivity contribution in [2.24, 2.45) is 5.41 Å². The molecule has 0 amide bonds. The highest BCUT2D eigenvalue weighted by Gasteiger charge is 2.86. The van der Waals surface area contributed by atoms with Crippen LogP contribution in [0.25, 0.3) is 61.7 Å². The average Bonchev–Trinajstić information content (AvgIpc) is 3.34. The van der Waals surface area contributed by atoms with Crippen molar-refractivity contribution in [2.75, 3.05) is 0 Å². The molecular weight excluding hydrogens is 609 g/mol. The summed E-state index contributed by atoms with van der Waals surface area (Å²) in [5, 5.41) is 2.42. The Morgan fingerprint density at radius 1 is 0.780 bits per heavy atom. The highest BCUT2D eigenvalue weighted by Crippen LogP contribution is 2.71. The summed E-state index contributed by atoms with van der Waals surface area (Å²) in [7, 11) is 0. The van der Waals surface area contributed by atoms with Gasteiger partial charge in [-0.15, -0.1) is 0 Å². The lowest BCUT2D eigenvalue weighted by molar-refractivity contribution is -0.771. The van der Waals surface area contributed by atoms with Crippen LogP contribution in [0.3, 0.4) is 0 Å². The number of aryl methyl sites for hydroxylation is 2. The average molecular weight is 649 g/mol. The van der Waals surface area contributed by atoms with Gasteiger partial charge in [0, 0.05) is 45.7 Å². The van der Waals surface area contributed by atoms with Crippen molar-refractivity contribution >= 4 is 28.0 Å². The number of aromatic nitrogens is 2. The van der Waals surface area contributed by atoms with Gasteiger partial charge >= 0.3 is 0 Å². The number of pyridine rings is 2. The van der Waals surface area contributed by atoms with Crippen LogP contribution in [0.2, 0.25) is 0 Å². The highest BCUT2D eigenvalue weighted by molar-refractivity contribution is 6.12. The molecule has 0 N–H and O–H groups in total. The summed E-state index contributed by atoms with van der Waals surface area (Å²) in [6.07, 6.45) is 11.3. The van der Waals surface area contributed by atoms with Gasteiger partial charge in [-0.25, -0.2) is 0 Å². The summed E-state index contributed by atoms with van der Waals surface area (Å²) < 4.78 is 12.4. The molecule has 1 saturated carbocycles. The third kappa shape index (κ3) is 3.50. The van der Waals surface area contributed by atoms with Crippen LogP contribution in [-0.4, -0.2) is 0 Å². The minimum absolute atomic E-state index is 0.114. The van der Waals surface area contributed by atoms with Crippen LogP contribution >= 0.6 is 0 Å². The predicted octanol–water partition coefficient (Wildman–Crippen LogP) is 10.3. The van der Waals surface area contributed by atoms with Gasteiger partial charge in [0.05, 0.1) is 11.1 Å². The summed E-state index contributed by atoms with van der Waals surface area (Å²) >= 11 is 0. The summed E-state index contributed by atoms with van der Waals surface area (Å²) in [5.74, 6) is 0.289. The molecule has 0 saturated heterocycles. The van der Waals surface area contributed by atoms with Gasteiger partial charge in [0.1, 0.15) is 17.1 Å². The maximum atomic E-state index is 7.13. The molecule has 7 aromatic rings. The van der Waals surface area contributed by atoms with Crippen molar-refractivity contribution < 1.29 is 13.6 Å². The Labute approximate surface area is 293 Å². The van der Waals surface area contributed by atoms with E-state index in [0.29, 0.717) is 0 Å². The van der Waals surface area contributed by atoms with Gasteiger partial charge in [0.15, 0.2) is 12.4 Å². The maximum Gasteiger partial charge on any atom is 0.269 e. The van der Waals surface area contributed by atoms with Crippen LogP contribution in [0.15, 0.2) is 114 Å². The van der Waals surface area contributed by atoms with E-state index in [-0.39, 0.29) is 22.9 Å². The molecule has 242 valence electrons. The number of furan rings is 1. The minimum atomic E-state index is -0.293.